The summed E-state index contributed by atoms with van der Waals surface area (Å²) in [5, 5.41) is 2.98. The Morgan fingerprint density at radius 2 is 2.28 bits per heavy atom. The molecule has 132 valence electrons. The smallest absolute Gasteiger partial charge is 0.321 e. The first-order chi connectivity index (χ1) is 12.2. The van der Waals surface area contributed by atoms with Gasteiger partial charge in [-0.2, -0.15) is 0 Å². The summed E-state index contributed by atoms with van der Waals surface area (Å²) in [6, 6.07) is 11.5. The molecule has 25 heavy (non-hydrogen) atoms. The molecule has 1 aromatic carbocycles. The molecule has 1 fully saturated rings. The first kappa shape index (κ1) is 17.1. The third-order valence-electron chi connectivity index (χ3n) is 4.38. The Morgan fingerprint density at radius 3 is 3.04 bits per heavy atom. The molecule has 0 unspecified atom stereocenters. The third kappa shape index (κ3) is 4.41. The molecule has 0 spiro atoms. The maximum Gasteiger partial charge on any atom is 0.321 e. The van der Waals surface area contributed by atoms with Gasteiger partial charge in [-0.3, -0.25) is 4.98 Å². The molecule has 1 aromatic heterocycles. The van der Waals surface area contributed by atoms with Gasteiger partial charge < -0.3 is 19.9 Å². The van der Waals surface area contributed by atoms with Crippen molar-refractivity contribution in [3.63, 3.8) is 0 Å². The summed E-state index contributed by atoms with van der Waals surface area (Å²) in [4.78, 5) is 20.5. The number of anilines is 2. The number of ether oxygens (including phenoxy) is 1. The van der Waals surface area contributed by atoms with Gasteiger partial charge in [0.25, 0.3) is 0 Å². The lowest BCUT2D eigenvalue weighted by molar-refractivity contribution is 0.194. The van der Waals surface area contributed by atoms with Crippen LogP contribution in [0.25, 0.3) is 0 Å². The number of aromatic nitrogens is 1. The summed E-state index contributed by atoms with van der Waals surface area (Å²) in [7, 11) is 2.03. The Balaban J connectivity index is 1.56. The molecule has 2 aromatic rings. The number of nitrogens with zero attached hydrogens (tertiary/aromatic N) is 3. The second-order valence-electron chi connectivity index (χ2n) is 6.16. The lowest BCUT2D eigenvalue weighted by Gasteiger charge is -2.20. The van der Waals surface area contributed by atoms with E-state index in [4.69, 9.17) is 4.74 Å². The van der Waals surface area contributed by atoms with E-state index in [2.05, 4.69) is 22.1 Å². The van der Waals surface area contributed by atoms with Crippen LogP contribution in [0.2, 0.25) is 0 Å². The summed E-state index contributed by atoms with van der Waals surface area (Å²) in [5.41, 5.74) is 1.89. The van der Waals surface area contributed by atoms with E-state index >= 15 is 0 Å². The fourth-order valence-electron chi connectivity index (χ4n) is 2.82. The fourth-order valence-corrected chi connectivity index (χ4v) is 2.82. The first-order valence-corrected chi connectivity index (χ1v) is 8.59. The van der Waals surface area contributed by atoms with Crippen molar-refractivity contribution < 1.29 is 9.53 Å². The van der Waals surface area contributed by atoms with Crippen LogP contribution in [0.3, 0.4) is 0 Å². The van der Waals surface area contributed by atoms with Crippen molar-refractivity contribution in [3.8, 4) is 5.75 Å². The minimum absolute atomic E-state index is 0.00695. The Kier molecular flexibility index (Phi) is 5.38. The van der Waals surface area contributed by atoms with Crippen molar-refractivity contribution in [2.45, 2.75) is 19.4 Å². The lowest BCUT2D eigenvalue weighted by atomic mass is 10.2. The van der Waals surface area contributed by atoms with E-state index in [-0.39, 0.29) is 12.1 Å². The average molecular weight is 340 g/mol. The van der Waals surface area contributed by atoms with Gasteiger partial charge in [-0.15, -0.1) is 0 Å². The number of rotatable bonds is 5. The molecule has 6 nitrogen and oxygen atoms in total. The van der Waals surface area contributed by atoms with Crippen LogP contribution in [0.4, 0.5) is 16.2 Å². The topological polar surface area (TPSA) is 57.7 Å². The van der Waals surface area contributed by atoms with Gasteiger partial charge in [-0.1, -0.05) is 6.07 Å². The Hall–Kier alpha value is -2.76. The van der Waals surface area contributed by atoms with Crippen molar-refractivity contribution in [2.24, 2.45) is 0 Å². The number of carbonyl (C=O) groups is 1. The summed E-state index contributed by atoms with van der Waals surface area (Å²) < 4.78 is 5.88. The van der Waals surface area contributed by atoms with E-state index < -0.39 is 0 Å². The Bertz CT molecular complexity index is 708. The van der Waals surface area contributed by atoms with Gasteiger partial charge in [0.05, 0.1) is 12.7 Å². The van der Waals surface area contributed by atoms with Crippen LogP contribution in [-0.4, -0.2) is 48.7 Å². The normalized spacial score (nSPS) is 16.6. The van der Waals surface area contributed by atoms with E-state index in [1.165, 1.54) is 0 Å². The van der Waals surface area contributed by atoms with Gasteiger partial charge in [0.2, 0.25) is 0 Å². The quantitative estimate of drug-likeness (QED) is 0.908. The van der Waals surface area contributed by atoms with E-state index in [0.717, 1.165) is 30.1 Å². The lowest BCUT2D eigenvalue weighted by Crippen LogP contribution is -2.34. The molecule has 1 aliphatic heterocycles. The number of amides is 2. The zero-order valence-electron chi connectivity index (χ0n) is 14.7. The molecule has 0 bridgehead atoms. The molecule has 1 saturated heterocycles. The molecule has 2 amide bonds. The van der Waals surface area contributed by atoms with Gasteiger partial charge in [0.15, 0.2) is 0 Å². The zero-order valence-corrected chi connectivity index (χ0v) is 14.7. The standard InChI is InChI=1S/C19H24N4O2/c1-3-22(2)16-7-4-6-15(12-16)21-19(24)23-11-9-18(14-23)25-17-8-5-10-20-13-17/h4-8,10,12-13,18H,3,9,11,14H2,1-2H3,(H,21,24)/t18-/m1/s1. The minimum Gasteiger partial charge on any atom is -0.487 e. The highest BCUT2D eigenvalue weighted by atomic mass is 16.5. The van der Waals surface area contributed by atoms with Gasteiger partial charge >= 0.3 is 6.03 Å². The highest BCUT2D eigenvalue weighted by Crippen LogP contribution is 2.21. The van der Waals surface area contributed by atoms with Crippen LogP contribution in [0.5, 0.6) is 5.75 Å². The third-order valence-corrected chi connectivity index (χ3v) is 4.38. The number of hydrogen-bond acceptors (Lipinski definition) is 4. The number of hydrogen-bond donors (Lipinski definition) is 1. The number of nitrogens with one attached hydrogen (secondary N) is 1. The molecule has 1 N–H and O–H groups in total. The van der Waals surface area contributed by atoms with Crippen molar-refractivity contribution >= 4 is 17.4 Å². The summed E-state index contributed by atoms with van der Waals surface area (Å²) >= 11 is 0. The predicted molar refractivity (Wildman–Crippen MR) is 99.2 cm³/mol. The summed E-state index contributed by atoms with van der Waals surface area (Å²) in [6.45, 7) is 4.27. The minimum atomic E-state index is -0.0893. The first-order valence-electron chi connectivity index (χ1n) is 8.59. The molecular formula is C19H24N4O2. The van der Waals surface area contributed by atoms with Crippen LogP contribution in [-0.2, 0) is 0 Å². The van der Waals surface area contributed by atoms with Gasteiger partial charge in [-0.25, -0.2) is 4.79 Å². The van der Waals surface area contributed by atoms with E-state index in [1.807, 2.05) is 43.4 Å². The van der Waals surface area contributed by atoms with Gasteiger partial charge in [0, 0.05) is 44.1 Å². The molecule has 2 heterocycles. The van der Waals surface area contributed by atoms with E-state index in [9.17, 15) is 4.79 Å². The maximum atomic E-state index is 12.5. The van der Waals surface area contributed by atoms with Crippen LogP contribution in [0.15, 0.2) is 48.8 Å². The van der Waals surface area contributed by atoms with Crippen LogP contribution < -0.4 is 15.0 Å². The number of benzene rings is 1. The van der Waals surface area contributed by atoms with Crippen LogP contribution in [0.1, 0.15) is 13.3 Å². The molecule has 0 aliphatic carbocycles. The second kappa shape index (κ2) is 7.88. The van der Waals surface area contributed by atoms with Crippen LogP contribution in [0, 0.1) is 0 Å². The molecule has 6 heteroatoms. The fraction of sp³-hybridized carbons (Fsp3) is 0.368. The monoisotopic (exact) mass is 340 g/mol. The molecule has 1 atom stereocenters. The molecule has 0 radical (unpaired) electrons. The highest BCUT2D eigenvalue weighted by molar-refractivity contribution is 5.90. The van der Waals surface area contributed by atoms with Crippen molar-refractivity contribution in [1.29, 1.82) is 0 Å². The predicted octanol–water partition coefficient (Wildman–Crippen LogP) is 3.22. The SMILES string of the molecule is CCN(C)c1cccc(NC(=O)N2CC[C@@H](Oc3cccnc3)C2)c1. The van der Waals surface area contributed by atoms with E-state index in [1.54, 1.807) is 17.3 Å². The second-order valence-corrected chi connectivity index (χ2v) is 6.16. The zero-order chi connectivity index (χ0) is 17.6. The van der Waals surface area contributed by atoms with Gasteiger partial charge in [-0.05, 0) is 37.3 Å². The van der Waals surface area contributed by atoms with Crippen molar-refractivity contribution in [2.75, 3.05) is 36.9 Å². The van der Waals surface area contributed by atoms with Gasteiger partial charge in [0.1, 0.15) is 11.9 Å². The summed E-state index contributed by atoms with van der Waals surface area (Å²) in [6.07, 6.45) is 4.23. The molecule has 3 rings (SSSR count). The van der Waals surface area contributed by atoms with E-state index in [0.29, 0.717) is 13.1 Å². The number of likely N-dealkylation sites (tertiary alicyclic amines) is 1. The number of pyridine rings is 1. The molecule has 0 saturated carbocycles. The largest absolute Gasteiger partial charge is 0.487 e. The molecule has 1 aliphatic rings. The van der Waals surface area contributed by atoms with Crippen molar-refractivity contribution in [3.05, 3.63) is 48.8 Å². The highest BCUT2D eigenvalue weighted by Gasteiger charge is 2.27. The number of urea groups is 1. The van der Waals surface area contributed by atoms with Crippen LogP contribution >= 0.6 is 0 Å². The summed E-state index contributed by atoms with van der Waals surface area (Å²) in [5.74, 6) is 0.741. The maximum absolute atomic E-state index is 12.5. The van der Waals surface area contributed by atoms with Crippen molar-refractivity contribution in [1.82, 2.24) is 9.88 Å². The Labute approximate surface area is 148 Å². The molecular weight excluding hydrogens is 316 g/mol. The number of carbonyl (C=O) groups excluding carboxylic acids is 1. The average Bonchev–Trinajstić information content (AvgIpc) is 3.11. The Morgan fingerprint density at radius 1 is 1.40 bits per heavy atom.